The fraction of sp³-hybridized carbons (Fsp3) is 0. The SMILES string of the molecule is c1ccc(-c2nc(-c3cccc(-c4ccc5c(c4)c4ccccc4n5-c4ccccc4)c3)c3oc4ccccc4c3n2)cc1. The molecule has 0 aliphatic heterocycles. The summed E-state index contributed by atoms with van der Waals surface area (Å²) in [5.41, 5.74) is 10.9. The Balaban J connectivity index is 1.24. The van der Waals surface area contributed by atoms with Gasteiger partial charge in [-0.3, -0.25) is 0 Å². The lowest BCUT2D eigenvalue weighted by Gasteiger charge is -2.10. The molecule has 0 saturated carbocycles. The van der Waals surface area contributed by atoms with Crippen molar-refractivity contribution in [1.82, 2.24) is 14.5 Å². The van der Waals surface area contributed by atoms with Crippen molar-refractivity contribution in [1.29, 1.82) is 0 Å². The van der Waals surface area contributed by atoms with Crippen molar-refractivity contribution < 1.29 is 4.42 Å². The number of aromatic nitrogens is 3. The standard InChI is InChI=1S/C40H25N3O/c1-3-12-26(13-4-1)40-41-37(39-38(42-40)32-19-8-10-21-36(32)44-39)29-15-11-14-27(24-29)28-22-23-35-33(25-28)31-18-7-9-20-34(31)43(35)30-16-5-2-6-17-30/h1-25H. The second-order valence-electron chi connectivity index (χ2n) is 11.0. The molecule has 0 N–H and O–H groups in total. The van der Waals surface area contributed by atoms with E-state index >= 15 is 0 Å². The van der Waals surface area contributed by atoms with Gasteiger partial charge in [0.25, 0.3) is 0 Å². The molecular formula is C40H25N3O. The first kappa shape index (κ1) is 24.6. The van der Waals surface area contributed by atoms with Crippen molar-refractivity contribution in [3.05, 3.63) is 152 Å². The third-order valence-corrected chi connectivity index (χ3v) is 8.41. The van der Waals surface area contributed by atoms with Crippen LogP contribution in [0, 0.1) is 0 Å². The largest absolute Gasteiger partial charge is 0.452 e. The lowest BCUT2D eigenvalue weighted by molar-refractivity contribution is 0.667. The Morgan fingerprint density at radius 1 is 0.455 bits per heavy atom. The van der Waals surface area contributed by atoms with Crippen LogP contribution in [0.2, 0.25) is 0 Å². The average Bonchev–Trinajstić information content (AvgIpc) is 3.64. The highest BCUT2D eigenvalue weighted by atomic mass is 16.3. The minimum atomic E-state index is 0.681. The van der Waals surface area contributed by atoms with Crippen LogP contribution in [-0.4, -0.2) is 14.5 Å². The van der Waals surface area contributed by atoms with Crippen LogP contribution in [0.5, 0.6) is 0 Å². The van der Waals surface area contributed by atoms with E-state index in [-0.39, 0.29) is 0 Å². The summed E-state index contributed by atoms with van der Waals surface area (Å²) in [6, 6.07) is 52.7. The molecule has 3 aromatic heterocycles. The van der Waals surface area contributed by atoms with Crippen LogP contribution in [0.15, 0.2) is 156 Å². The van der Waals surface area contributed by atoms with Gasteiger partial charge in [0.15, 0.2) is 11.4 Å². The summed E-state index contributed by atoms with van der Waals surface area (Å²) < 4.78 is 8.74. The van der Waals surface area contributed by atoms with Gasteiger partial charge in [0.1, 0.15) is 16.8 Å². The van der Waals surface area contributed by atoms with Crippen LogP contribution in [0.25, 0.3) is 83.3 Å². The minimum Gasteiger partial charge on any atom is -0.452 e. The number of para-hydroxylation sites is 3. The lowest BCUT2D eigenvalue weighted by atomic mass is 9.99. The van der Waals surface area contributed by atoms with E-state index in [1.807, 2.05) is 48.5 Å². The first-order valence-corrected chi connectivity index (χ1v) is 14.8. The van der Waals surface area contributed by atoms with Gasteiger partial charge in [-0.15, -0.1) is 0 Å². The van der Waals surface area contributed by atoms with E-state index in [0.717, 1.165) is 50.1 Å². The summed E-state index contributed by atoms with van der Waals surface area (Å²) >= 11 is 0. The van der Waals surface area contributed by atoms with Crippen LogP contribution < -0.4 is 0 Å². The number of rotatable bonds is 4. The maximum atomic E-state index is 6.40. The predicted octanol–water partition coefficient (Wildman–Crippen LogP) is 10.5. The molecule has 9 aromatic rings. The molecule has 0 aliphatic rings. The van der Waals surface area contributed by atoms with Gasteiger partial charge in [0.2, 0.25) is 0 Å². The fourth-order valence-corrected chi connectivity index (χ4v) is 6.36. The van der Waals surface area contributed by atoms with E-state index < -0.39 is 0 Å². The van der Waals surface area contributed by atoms with E-state index in [4.69, 9.17) is 14.4 Å². The highest BCUT2D eigenvalue weighted by Gasteiger charge is 2.19. The highest BCUT2D eigenvalue weighted by molar-refractivity contribution is 6.11. The van der Waals surface area contributed by atoms with Gasteiger partial charge in [-0.2, -0.15) is 0 Å². The van der Waals surface area contributed by atoms with Crippen molar-refractivity contribution in [2.45, 2.75) is 0 Å². The first-order valence-electron chi connectivity index (χ1n) is 14.8. The maximum absolute atomic E-state index is 6.40. The Bertz CT molecular complexity index is 2490. The molecule has 0 bridgehead atoms. The number of hydrogen-bond donors (Lipinski definition) is 0. The smallest absolute Gasteiger partial charge is 0.180 e. The summed E-state index contributed by atoms with van der Waals surface area (Å²) in [7, 11) is 0. The number of fused-ring (bicyclic) bond motifs is 6. The number of furan rings is 1. The van der Waals surface area contributed by atoms with Crippen LogP contribution in [0.4, 0.5) is 0 Å². The minimum absolute atomic E-state index is 0.681. The molecule has 0 spiro atoms. The average molecular weight is 564 g/mol. The van der Waals surface area contributed by atoms with Crippen molar-refractivity contribution in [3.8, 4) is 39.5 Å². The van der Waals surface area contributed by atoms with Crippen LogP contribution in [0.3, 0.4) is 0 Å². The zero-order valence-corrected chi connectivity index (χ0v) is 23.7. The molecule has 4 nitrogen and oxygen atoms in total. The fourth-order valence-electron chi connectivity index (χ4n) is 6.36. The number of hydrogen-bond acceptors (Lipinski definition) is 3. The summed E-state index contributed by atoms with van der Waals surface area (Å²) in [6.07, 6.45) is 0. The second kappa shape index (κ2) is 9.79. The molecule has 0 unspecified atom stereocenters. The third kappa shape index (κ3) is 3.85. The van der Waals surface area contributed by atoms with Gasteiger partial charge in [-0.1, -0.05) is 103 Å². The second-order valence-corrected chi connectivity index (χ2v) is 11.0. The van der Waals surface area contributed by atoms with Crippen LogP contribution in [-0.2, 0) is 0 Å². The molecule has 9 rings (SSSR count). The lowest BCUT2D eigenvalue weighted by Crippen LogP contribution is -1.94. The number of nitrogens with zero attached hydrogens (tertiary/aromatic N) is 3. The van der Waals surface area contributed by atoms with E-state index in [2.05, 4.69) is 108 Å². The normalized spacial score (nSPS) is 11.6. The summed E-state index contributed by atoms with van der Waals surface area (Å²) in [6.45, 7) is 0. The molecule has 3 heterocycles. The molecule has 206 valence electrons. The van der Waals surface area contributed by atoms with Gasteiger partial charge >= 0.3 is 0 Å². The van der Waals surface area contributed by atoms with Crippen molar-refractivity contribution >= 4 is 43.9 Å². The highest BCUT2D eigenvalue weighted by Crippen LogP contribution is 2.38. The Labute approximate surface area is 253 Å². The van der Waals surface area contributed by atoms with Crippen molar-refractivity contribution in [2.75, 3.05) is 0 Å². The van der Waals surface area contributed by atoms with Crippen molar-refractivity contribution in [3.63, 3.8) is 0 Å². The predicted molar refractivity (Wildman–Crippen MR) is 180 cm³/mol. The van der Waals surface area contributed by atoms with E-state index in [1.165, 1.54) is 21.8 Å². The molecule has 0 aliphatic carbocycles. The summed E-state index contributed by atoms with van der Waals surface area (Å²) in [5.74, 6) is 0.681. The maximum Gasteiger partial charge on any atom is 0.180 e. The van der Waals surface area contributed by atoms with Crippen LogP contribution in [0.1, 0.15) is 0 Å². The number of benzene rings is 6. The monoisotopic (exact) mass is 563 g/mol. The summed E-state index contributed by atoms with van der Waals surface area (Å²) in [4.78, 5) is 10.1. The van der Waals surface area contributed by atoms with Gasteiger partial charge < -0.3 is 8.98 Å². The van der Waals surface area contributed by atoms with E-state index in [1.54, 1.807) is 0 Å². The van der Waals surface area contributed by atoms with Crippen LogP contribution >= 0.6 is 0 Å². The van der Waals surface area contributed by atoms with E-state index in [0.29, 0.717) is 11.4 Å². The zero-order valence-electron chi connectivity index (χ0n) is 23.7. The van der Waals surface area contributed by atoms with Gasteiger partial charge in [0, 0.05) is 33.0 Å². The Morgan fingerprint density at radius 3 is 1.98 bits per heavy atom. The quantitative estimate of drug-likeness (QED) is 0.214. The summed E-state index contributed by atoms with van der Waals surface area (Å²) in [5, 5.41) is 3.44. The van der Waals surface area contributed by atoms with Crippen molar-refractivity contribution in [2.24, 2.45) is 0 Å². The van der Waals surface area contributed by atoms with Gasteiger partial charge in [-0.25, -0.2) is 9.97 Å². The molecule has 44 heavy (non-hydrogen) atoms. The Hall–Kier alpha value is -6.00. The molecule has 0 radical (unpaired) electrons. The topological polar surface area (TPSA) is 43.9 Å². The third-order valence-electron chi connectivity index (χ3n) is 8.41. The molecule has 0 amide bonds. The molecule has 4 heteroatoms. The molecular weight excluding hydrogens is 538 g/mol. The van der Waals surface area contributed by atoms with E-state index in [9.17, 15) is 0 Å². The van der Waals surface area contributed by atoms with Gasteiger partial charge in [0.05, 0.1) is 11.0 Å². The van der Waals surface area contributed by atoms with Gasteiger partial charge in [-0.05, 0) is 59.7 Å². The molecule has 0 fully saturated rings. The molecule has 0 saturated heterocycles. The zero-order chi connectivity index (χ0) is 29.0. The Morgan fingerprint density at radius 2 is 1.11 bits per heavy atom. The molecule has 6 aromatic carbocycles. The first-order chi connectivity index (χ1) is 21.8. The molecule has 0 atom stereocenters. The Kier molecular flexibility index (Phi) is 5.47.